The van der Waals surface area contributed by atoms with E-state index < -0.39 is 32.5 Å². The summed E-state index contributed by atoms with van der Waals surface area (Å²) in [7, 11) is -4.75. The zero-order valence-corrected chi connectivity index (χ0v) is 32.5. The van der Waals surface area contributed by atoms with Crippen molar-refractivity contribution in [1.29, 1.82) is 0 Å². The molecular weight excluding hydrogens is 639 g/mol. The van der Waals surface area contributed by atoms with Crippen LogP contribution in [0.3, 0.4) is 0 Å². The number of carbonyl (C=O) groups excluding carboxylic acids is 2. The number of rotatable bonds is 37. The van der Waals surface area contributed by atoms with Crippen LogP contribution < -0.4 is 0 Å². The largest absolute Gasteiger partial charge is 0.469 e. The predicted octanol–water partition coefficient (Wildman–Crippen LogP) is 12.0. The Labute approximate surface area is 300 Å². The molecule has 2 N–H and O–H groups in total. The van der Waals surface area contributed by atoms with Crippen molar-refractivity contribution in [1.82, 2.24) is 0 Å². The lowest BCUT2D eigenvalue weighted by atomic mass is 10.0. The summed E-state index contributed by atoms with van der Waals surface area (Å²) in [6.07, 6.45) is 40.4. The van der Waals surface area contributed by atoms with E-state index >= 15 is 0 Å². The van der Waals surface area contributed by atoms with Gasteiger partial charge < -0.3 is 19.3 Å². The lowest BCUT2D eigenvalue weighted by Crippen LogP contribution is -2.29. The maximum absolute atomic E-state index is 12.4. The number of hydrogen-bond acceptors (Lipinski definition) is 6. The van der Waals surface area contributed by atoms with Crippen LogP contribution in [0.4, 0.5) is 0 Å². The molecule has 0 aromatic heterocycles. The SMILES string of the molecule is CCCCCCCC/C=C/C/C=C/CCCCC(=O)OC[C@H](COP(=O)(O)O)OC(=O)CCCCCCCCCCCCCCCCCC. The summed E-state index contributed by atoms with van der Waals surface area (Å²) in [6.45, 7) is 3.66. The first-order valence-corrected chi connectivity index (χ1v) is 21.7. The quantitative estimate of drug-likeness (QED) is 0.0282. The van der Waals surface area contributed by atoms with Gasteiger partial charge in [-0.05, 0) is 44.9 Å². The molecule has 0 aromatic carbocycles. The lowest BCUT2D eigenvalue weighted by molar-refractivity contribution is -0.161. The number of carbonyl (C=O) groups is 2. The van der Waals surface area contributed by atoms with Gasteiger partial charge >= 0.3 is 19.8 Å². The lowest BCUT2D eigenvalue weighted by Gasteiger charge is -2.18. The Balaban J connectivity index is 3.96. The Kier molecular flexibility index (Phi) is 35.2. The number of phosphoric ester groups is 1. The van der Waals surface area contributed by atoms with Crippen LogP contribution in [0.1, 0.15) is 200 Å². The van der Waals surface area contributed by atoms with Gasteiger partial charge in [0, 0.05) is 12.8 Å². The van der Waals surface area contributed by atoms with Crippen LogP contribution in [-0.2, 0) is 28.2 Å². The molecule has 1 atom stereocenters. The molecule has 288 valence electrons. The molecule has 8 nitrogen and oxygen atoms in total. The van der Waals surface area contributed by atoms with E-state index in [4.69, 9.17) is 19.3 Å². The van der Waals surface area contributed by atoms with Crippen molar-refractivity contribution in [2.75, 3.05) is 13.2 Å². The third-order valence-corrected chi connectivity index (χ3v) is 9.21. The second-order valence-electron chi connectivity index (χ2n) is 13.6. The molecule has 9 heteroatoms. The third-order valence-electron chi connectivity index (χ3n) is 8.72. The zero-order chi connectivity index (χ0) is 36.1. The van der Waals surface area contributed by atoms with E-state index in [9.17, 15) is 14.2 Å². The number of esters is 2. The molecule has 0 bridgehead atoms. The molecule has 0 spiro atoms. The van der Waals surface area contributed by atoms with Gasteiger partial charge in [-0.15, -0.1) is 0 Å². The number of phosphoric acid groups is 1. The highest BCUT2D eigenvalue weighted by atomic mass is 31.2. The van der Waals surface area contributed by atoms with Crippen molar-refractivity contribution >= 4 is 19.8 Å². The Hall–Kier alpha value is -1.47. The van der Waals surface area contributed by atoms with Gasteiger partial charge in [-0.1, -0.05) is 167 Å². The molecule has 0 heterocycles. The zero-order valence-electron chi connectivity index (χ0n) is 31.6. The van der Waals surface area contributed by atoms with E-state index in [1.54, 1.807) is 0 Å². The summed E-state index contributed by atoms with van der Waals surface area (Å²) in [5.41, 5.74) is 0. The molecule has 0 radical (unpaired) electrons. The Morgan fingerprint density at radius 2 is 0.918 bits per heavy atom. The average Bonchev–Trinajstić information content (AvgIpc) is 3.07. The van der Waals surface area contributed by atoms with Gasteiger partial charge in [0.1, 0.15) is 6.61 Å². The summed E-state index contributed by atoms with van der Waals surface area (Å²) in [5.74, 6) is -0.915. The van der Waals surface area contributed by atoms with E-state index in [2.05, 4.69) is 42.7 Å². The van der Waals surface area contributed by atoms with Gasteiger partial charge in [0.2, 0.25) is 0 Å². The molecule has 0 fully saturated rings. The van der Waals surface area contributed by atoms with Gasteiger partial charge in [-0.25, -0.2) is 4.57 Å². The van der Waals surface area contributed by atoms with E-state index in [-0.39, 0.29) is 19.4 Å². The third kappa shape index (κ3) is 39.2. The average molecular weight is 715 g/mol. The number of allylic oxidation sites excluding steroid dienone is 4. The summed E-state index contributed by atoms with van der Waals surface area (Å²) in [4.78, 5) is 42.7. The highest BCUT2D eigenvalue weighted by molar-refractivity contribution is 7.46. The molecule has 0 amide bonds. The fraction of sp³-hybridized carbons (Fsp3) is 0.850. The van der Waals surface area contributed by atoms with Crippen LogP contribution in [0.2, 0.25) is 0 Å². The van der Waals surface area contributed by atoms with Gasteiger partial charge in [-0.2, -0.15) is 0 Å². The van der Waals surface area contributed by atoms with Gasteiger partial charge in [0.05, 0.1) is 6.61 Å². The first kappa shape index (κ1) is 47.5. The minimum Gasteiger partial charge on any atom is -0.462 e. The van der Waals surface area contributed by atoms with E-state index in [0.717, 1.165) is 44.9 Å². The van der Waals surface area contributed by atoms with Crippen molar-refractivity contribution in [3.8, 4) is 0 Å². The van der Waals surface area contributed by atoms with Gasteiger partial charge in [0.25, 0.3) is 0 Å². The van der Waals surface area contributed by atoms with Crippen molar-refractivity contribution in [2.45, 2.75) is 206 Å². The summed E-state index contributed by atoms with van der Waals surface area (Å²) in [6, 6.07) is 0. The fourth-order valence-electron chi connectivity index (χ4n) is 5.70. The molecule has 0 aromatic rings. The monoisotopic (exact) mass is 715 g/mol. The molecule has 0 aliphatic rings. The highest BCUT2D eigenvalue weighted by Gasteiger charge is 2.22. The Morgan fingerprint density at radius 3 is 1.39 bits per heavy atom. The summed E-state index contributed by atoms with van der Waals surface area (Å²) in [5, 5.41) is 0. The summed E-state index contributed by atoms with van der Waals surface area (Å²) >= 11 is 0. The second kappa shape index (κ2) is 36.3. The van der Waals surface area contributed by atoms with Crippen LogP contribution in [0.25, 0.3) is 0 Å². The molecule has 0 aliphatic heterocycles. The van der Waals surface area contributed by atoms with E-state index in [1.165, 1.54) is 116 Å². The van der Waals surface area contributed by atoms with E-state index in [0.29, 0.717) is 12.8 Å². The molecule has 49 heavy (non-hydrogen) atoms. The minimum absolute atomic E-state index is 0.210. The number of ether oxygens (including phenoxy) is 2. The van der Waals surface area contributed by atoms with Crippen molar-refractivity contribution in [3.63, 3.8) is 0 Å². The number of unbranched alkanes of at least 4 members (excludes halogenated alkanes) is 23. The minimum atomic E-state index is -4.75. The maximum Gasteiger partial charge on any atom is 0.469 e. The highest BCUT2D eigenvalue weighted by Crippen LogP contribution is 2.36. The Morgan fingerprint density at radius 1 is 0.531 bits per heavy atom. The molecule has 0 aliphatic carbocycles. The van der Waals surface area contributed by atoms with Crippen molar-refractivity contribution < 1.29 is 37.9 Å². The Bertz CT molecular complexity index is 853. The van der Waals surface area contributed by atoms with Crippen molar-refractivity contribution in [3.05, 3.63) is 24.3 Å². The molecule has 0 unspecified atom stereocenters. The van der Waals surface area contributed by atoms with E-state index in [1.807, 2.05) is 0 Å². The topological polar surface area (TPSA) is 119 Å². The summed E-state index contributed by atoms with van der Waals surface area (Å²) < 4.78 is 26.3. The van der Waals surface area contributed by atoms with Crippen LogP contribution in [0.5, 0.6) is 0 Å². The van der Waals surface area contributed by atoms with Crippen LogP contribution in [0.15, 0.2) is 24.3 Å². The van der Waals surface area contributed by atoms with Crippen LogP contribution in [0, 0.1) is 0 Å². The number of hydrogen-bond donors (Lipinski definition) is 2. The second-order valence-corrected chi connectivity index (χ2v) is 14.9. The predicted molar refractivity (Wildman–Crippen MR) is 202 cm³/mol. The fourth-order valence-corrected chi connectivity index (χ4v) is 6.06. The van der Waals surface area contributed by atoms with Crippen molar-refractivity contribution in [2.24, 2.45) is 0 Å². The molecule has 0 saturated carbocycles. The normalized spacial score (nSPS) is 12.7. The molecule has 0 rings (SSSR count). The van der Waals surface area contributed by atoms with Gasteiger partial charge in [0.15, 0.2) is 6.10 Å². The van der Waals surface area contributed by atoms with Crippen LogP contribution in [-0.4, -0.2) is 41.0 Å². The van der Waals surface area contributed by atoms with Gasteiger partial charge in [-0.3, -0.25) is 14.1 Å². The first-order valence-electron chi connectivity index (χ1n) is 20.1. The molecular formula is C40H75O8P. The standard InChI is InChI=1S/C40H75O8P/c1-3-5-7-9-11-13-15-17-19-21-23-25-27-29-31-33-35-40(42)48-38(37-47-49(43,44)45)36-46-39(41)34-32-30-28-26-24-22-20-18-16-14-12-10-8-6-4-2/h18,20,24,26,38H,3-17,19,21-23,25,27-37H2,1-2H3,(H2,43,44,45)/b20-18+,26-24+/t38-/m1/s1. The first-order chi connectivity index (χ1) is 23.8. The molecule has 0 saturated heterocycles. The van der Waals surface area contributed by atoms with Crippen LogP contribution >= 0.6 is 7.82 Å². The smallest absolute Gasteiger partial charge is 0.462 e. The maximum atomic E-state index is 12.4.